The summed E-state index contributed by atoms with van der Waals surface area (Å²) in [4.78, 5) is 22.3. The van der Waals surface area contributed by atoms with Gasteiger partial charge in [0.15, 0.2) is 9.84 Å². The predicted molar refractivity (Wildman–Crippen MR) is 167 cm³/mol. The molecule has 10 nitrogen and oxygen atoms in total. The molecule has 2 aromatic carbocycles. The van der Waals surface area contributed by atoms with Gasteiger partial charge in [-0.1, -0.05) is 36.7 Å². The molecule has 3 aromatic rings. The Morgan fingerprint density at radius 3 is 2.57 bits per heavy atom. The third-order valence-electron chi connectivity index (χ3n) is 8.50. The lowest BCUT2D eigenvalue weighted by atomic mass is 9.76. The second-order valence-electron chi connectivity index (χ2n) is 11.5. The number of sulfone groups is 1. The summed E-state index contributed by atoms with van der Waals surface area (Å²) in [5, 5.41) is 3.41. The van der Waals surface area contributed by atoms with Gasteiger partial charge in [0.25, 0.3) is 0 Å². The number of aromatic nitrogens is 2. The number of halogens is 4. The lowest BCUT2D eigenvalue weighted by Crippen LogP contribution is -2.41. The standard InChI is InChI=1S/C31H35ClF3N5O5S/c1-3-44-28(41)24-17-30(18-37-24)10-12-40(13-11-30)25-16-26(39-29(36)38-25)45-27(31(33,34)35)22-9-8-20(32)15-23(22)19-6-5-7-21(14-19)46(42,43)4-2/h5-9,14-16,24,27,37H,3-4,10-13,17-18H2,1-2H3,(H2,36,38,39)/t24-,27+/m0/s1. The molecule has 2 aliphatic heterocycles. The number of nitrogens with zero attached hydrogens (tertiary/aromatic N) is 3. The second kappa shape index (κ2) is 13.2. The minimum absolute atomic E-state index is 0.0239. The average molecular weight is 682 g/mol. The van der Waals surface area contributed by atoms with Crippen LogP contribution in [0.15, 0.2) is 53.4 Å². The predicted octanol–water partition coefficient (Wildman–Crippen LogP) is 5.37. The minimum Gasteiger partial charge on any atom is -0.465 e. The summed E-state index contributed by atoms with van der Waals surface area (Å²) in [6.45, 7) is 5.29. The largest absolute Gasteiger partial charge is 0.465 e. The van der Waals surface area contributed by atoms with Crippen LogP contribution in [0, 0.1) is 5.41 Å². The Labute approximate surface area is 270 Å². The zero-order valence-electron chi connectivity index (χ0n) is 25.3. The highest BCUT2D eigenvalue weighted by molar-refractivity contribution is 7.91. The maximum absolute atomic E-state index is 14.7. The number of alkyl halides is 3. The van der Waals surface area contributed by atoms with Gasteiger partial charge in [0.05, 0.1) is 17.3 Å². The van der Waals surface area contributed by atoms with Crippen LogP contribution in [0.4, 0.5) is 24.9 Å². The van der Waals surface area contributed by atoms with Crippen LogP contribution in [0.5, 0.6) is 5.88 Å². The van der Waals surface area contributed by atoms with Gasteiger partial charge in [-0.05, 0) is 67.0 Å². The van der Waals surface area contributed by atoms with Crippen molar-refractivity contribution in [1.82, 2.24) is 15.3 Å². The molecule has 1 aromatic heterocycles. The van der Waals surface area contributed by atoms with Crippen molar-refractivity contribution in [1.29, 1.82) is 0 Å². The SMILES string of the molecule is CCOC(=O)[C@@H]1CC2(CCN(c3cc(O[C@H](c4ccc(Cl)cc4-c4cccc(S(=O)(=O)CC)c4)C(F)(F)F)nc(N)n3)CC2)CN1. The van der Waals surface area contributed by atoms with E-state index in [-0.39, 0.29) is 61.6 Å². The number of piperidine rings is 1. The van der Waals surface area contributed by atoms with Crippen LogP contribution in [0.2, 0.25) is 5.02 Å². The van der Waals surface area contributed by atoms with E-state index in [4.69, 9.17) is 26.8 Å². The van der Waals surface area contributed by atoms with Gasteiger partial charge in [0.1, 0.15) is 11.9 Å². The zero-order valence-corrected chi connectivity index (χ0v) is 26.9. The molecule has 2 fully saturated rings. The van der Waals surface area contributed by atoms with Gasteiger partial charge in [0, 0.05) is 36.3 Å². The quantitative estimate of drug-likeness (QED) is 0.284. The van der Waals surface area contributed by atoms with Crippen molar-refractivity contribution in [2.24, 2.45) is 5.41 Å². The first-order chi connectivity index (χ1) is 21.7. The number of ether oxygens (including phenoxy) is 2. The summed E-state index contributed by atoms with van der Waals surface area (Å²) < 4.78 is 79.8. The molecule has 2 aliphatic rings. The van der Waals surface area contributed by atoms with E-state index in [2.05, 4.69) is 15.3 Å². The molecule has 46 heavy (non-hydrogen) atoms. The van der Waals surface area contributed by atoms with Crippen molar-refractivity contribution in [2.75, 3.05) is 42.6 Å². The number of benzene rings is 2. The van der Waals surface area contributed by atoms with Crippen molar-refractivity contribution in [3.05, 3.63) is 59.1 Å². The summed E-state index contributed by atoms with van der Waals surface area (Å²) in [5.74, 6) is -0.757. The molecule has 2 saturated heterocycles. The number of esters is 1. The Hall–Kier alpha value is -3.62. The normalized spacial score (nSPS) is 18.8. The van der Waals surface area contributed by atoms with Gasteiger partial charge >= 0.3 is 12.1 Å². The molecule has 248 valence electrons. The molecule has 0 radical (unpaired) electrons. The highest BCUT2D eigenvalue weighted by Crippen LogP contribution is 2.44. The van der Waals surface area contributed by atoms with Crippen LogP contribution < -0.4 is 20.7 Å². The number of hydrogen-bond acceptors (Lipinski definition) is 10. The van der Waals surface area contributed by atoms with Crippen molar-refractivity contribution in [3.8, 4) is 17.0 Å². The van der Waals surface area contributed by atoms with Crippen molar-refractivity contribution >= 4 is 39.2 Å². The molecule has 0 aliphatic carbocycles. The molecule has 1 spiro atoms. The molecule has 3 heterocycles. The summed E-state index contributed by atoms with van der Waals surface area (Å²) in [6.07, 6.45) is -5.31. The molecule has 3 N–H and O–H groups in total. The Morgan fingerprint density at radius 1 is 1.15 bits per heavy atom. The lowest BCUT2D eigenvalue weighted by molar-refractivity contribution is -0.198. The van der Waals surface area contributed by atoms with Crippen LogP contribution in [0.3, 0.4) is 0 Å². The molecular formula is C31H35ClF3N5O5S. The van der Waals surface area contributed by atoms with Crippen LogP contribution in [0.1, 0.15) is 44.8 Å². The van der Waals surface area contributed by atoms with E-state index >= 15 is 0 Å². The van der Waals surface area contributed by atoms with Crippen LogP contribution >= 0.6 is 11.6 Å². The van der Waals surface area contributed by atoms with E-state index in [9.17, 15) is 26.4 Å². The van der Waals surface area contributed by atoms with Crippen LogP contribution in [-0.4, -0.2) is 68.6 Å². The van der Waals surface area contributed by atoms with E-state index in [1.165, 1.54) is 55.5 Å². The van der Waals surface area contributed by atoms with Gasteiger partial charge in [-0.2, -0.15) is 23.1 Å². The molecule has 5 rings (SSSR count). The van der Waals surface area contributed by atoms with Gasteiger partial charge in [-0.3, -0.25) is 4.79 Å². The molecule has 0 bridgehead atoms. The van der Waals surface area contributed by atoms with E-state index in [0.717, 1.165) is 12.8 Å². The fraction of sp³-hybridized carbons (Fsp3) is 0.452. The number of rotatable bonds is 9. The van der Waals surface area contributed by atoms with Gasteiger partial charge in [-0.25, -0.2) is 8.42 Å². The van der Waals surface area contributed by atoms with Crippen LogP contribution in [0.25, 0.3) is 11.1 Å². The fourth-order valence-electron chi connectivity index (χ4n) is 6.03. The Bertz CT molecular complexity index is 1700. The Balaban J connectivity index is 1.41. The van der Waals surface area contributed by atoms with E-state index < -0.39 is 22.1 Å². The number of nitrogen functional groups attached to an aromatic ring is 1. The second-order valence-corrected chi connectivity index (χ2v) is 14.2. The van der Waals surface area contributed by atoms with Gasteiger partial charge in [-0.15, -0.1) is 0 Å². The van der Waals surface area contributed by atoms with E-state index in [1.807, 2.05) is 4.90 Å². The summed E-state index contributed by atoms with van der Waals surface area (Å²) in [5.41, 5.74) is 5.84. The summed E-state index contributed by atoms with van der Waals surface area (Å²) in [7, 11) is -3.63. The number of hydrogen-bond donors (Lipinski definition) is 2. The summed E-state index contributed by atoms with van der Waals surface area (Å²) in [6, 6.07) is 10.5. The third-order valence-corrected chi connectivity index (χ3v) is 10.5. The maximum Gasteiger partial charge on any atom is 0.429 e. The zero-order chi connectivity index (χ0) is 33.3. The smallest absolute Gasteiger partial charge is 0.429 e. The highest BCUT2D eigenvalue weighted by atomic mass is 35.5. The fourth-order valence-corrected chi connectivity index (χ4v) is 7.13. The third kappa shape index (κ3) is 7.34. The first-order valence-electron chi connectivity index (χ1n) is 14.9. The summed E-state index contributed by atoms with van der Waals surface area (Å²) >= 11 is 6.20. The Kier molecular flexibility index (Phi) is 9.71. The molecule has 0 saturated carbocycles. The van der Waals surface area contributed by atoms with E-state index in [1.54, 1.807) is 6.92 Å². The molecular weight excluding hydrogens is 647 g/mol. The molecule has 2 atom stereocenters. The maximum atomic E-state index is 14.7. The van der Waals surface area contributed by atoms with E-state index in [0.29, 0.717) is 38.5 Å². The van der Waals surface area contributed by atoms with Crippen molar-refractivity contribution < 1.29 is 35.9 Å². The first kappa shape index (κ1) is 33.7. The van der Waals surface area contributed by atoms with Gasteiger partial charge < -0.3 is 25.4 Å². The number of carbonyl (C=O) groups excluding carboxylic acids is 1. The molecule has 0 unspecified atom stereocenters. The minimum atomic E-state index is -4.90. The molecule has 15 heteroatoms. The monoisotopic (exact) mass is 681 g/mol. The van der Waals surface area contributed by atoms with Gasteiger partial charge in [0.2, 0.25) is 17.9 Å². The first-order valence-corrected chi connectivity index (χ1v) is 16.9. The molecule has 0 amide bonds. The highest BCUT2D eigenvalue weighted by Gasteiger charge is 2.46. The van der Waals surface area contributed by atoms with Crippen molar-refractivity contribution in [2.45, 2.75) is 56.3 Å². The number of carbonyl (C=O) groups is 1. The number of nitrogens with one attached hydrogen (secondary N) is 1. The number of nitrogens with two attached hydrogens (primary N) is 1. The van der Waals surface area contributed by atoms with Crippen LogP contribution in [-0.2, 0) is 19.4 Å². The average Bonchev–Trinajstić information content (AvgIpc) is 3.43. The Morgan fingerprint density at radius 2 is 1.89 bits per heavy atom. The lowest BCUT2D eigenvalue weighted by Gasteiger charge is -2.39. The topological polar surface area (TPSA) is 137 Å². The number of anilines is 2. The van der Waals surface area contributed by atoms with Crippen molar-refractivity contribution in [3.63, 3.8) is 0 Å².